The van der Waals surface area contributed by atoms with Crippen molar-refractivity contribution in [2.45, 2.75) is 32.9 Å². The minimum atomic E-state index is 0.536. The highest BCUT2D eigenvalue weighted by Crippen LogP contribution is 2.04. The number of nitriles is 1. The molecule has 0 aliphatic heterocycles. The first kappa shape index (κ1) is 13.7. The van der Waals surface area contributed by atoms with Gasteiger partial charge in [-0.1, -0.05) is 26.0 Å². The monoisotopic (exact) mass is 232 g/mol. The number of hydrogen-bond acceptors (Lipinski definition) is 3. The number of nitrogens with zero attached hydrogens (tertiary/aromatic N) is 1. The van der Waals surface area contributed by atoms with Crippen molar-refractivity contribution in [2.75, 3.05) is 13.2 Å². The molecule has 1 N–H and O–H groups in total. The lowest BCUT2D eigenvalue weighted by molar-refractivity contribution is 0.118. The van der Waals surface area contributed by atoms with Crippen molar-refractivity contribution in [3.63, 3.8) is 0 Å². The van der Waals surface area contributed by atoms with Gasteiger partial charge in [0.2, 0.25) is 0 Å². The Balaban J connectivity index is 2.12. The third kappa shape index (κ3) is 6.06. The number of hydrogen-bond donors (Lipinski definition) is 1. The van der Waals surface area contributed by atoms with Crippen LogP contribution in [0.5, 0.6) is 0 Å². The highest BCUT2D eigenvalue weighted by atomic mass is 16.5. The molecule has 0 radical (unpaired) electrons. The van der Waals surface area contributed by atoms with E-state index in [1.807, 2.05) is 24.3 Å². The summed E-state index contributed by atoms with van der Waals surface area (Å²) < 4.78 is 5.55. The fourth-order valence-corrected chi connectivity index (χ4v) is 1.43. The Morgan fingerprint density at radius 2 is 2.00 bits per heavy atom. The maximum atomic E-state index is 8.66. The molecular formula is C14H20N2O. The average molecular weight is 232 g/mol. The van der Waals surface area contributed by atoms with Gasteiger partial charge in [-0.2, -0.15) is 5.26 Å². The van der Waals surface area contributed by atoms with E-state index in [9.17, 15) is 0 Å². The van der Waals surface area contributed by atoms with Crippen molar-refractivity contribution in [3.8, 4) is 6.07 Å². The van der Waals surface area contributed by atoms with Gasteiger partial charge in [0.25, 0.3) is 0 Å². The van der Waals surface area contributed by atoms with Crippen LogP contribution in [-0.4, -0.2) is 19.2 Å². The minimum Gasteiger partial charge on any atom is -0.377 e. The van der Waals surface area contributed by atoms with Crippen LogP contribution in [-0.2, 0) is 11.3 Å². The topological polar surface area (TPSA) is 45.0 Å². The van der Waals surface area contributed by atoms with Crippen molar-refractivity contribution in [3.05, 3.63) is 35.4 Å². The fraction of sp³-hybridized carbons (Fsp3) is 0.500. The van der Waals surface area contributed by atoms with Gasteiger partial charge in [-0.15, -0.1) is 0 Å². The number of rotatable bonds is 7. The Hall–Kier alpha value is -1.37. The predicted octanol–water partition coefficient (Wildman–Crippen LogP) is 2.46. The summed E-state index contributed by atoms with van der Waals surface area (Å²) in [6.07, 6.45) is 1.02. The van der Waals surface area contributed by atoms with E-state index < -0.39 is 0 Å². The summed E-state index contributed by atoms with van der Waals surface area (Å²) in [5.74, 6) is 0. The van der Waals surface area contributed by atoms with Gasteiger partial charge < -0.3 is 10.1 Å². The first-order valence-corrected chi connectivity index (χ1v) is 6.02. The first-order chi connectivity index (χ1) is 8.22. The molecule has 0 aromatic heterocycles. The summed E-state index contributed by atoms with van der Waals surface area (Å²) in [6, 6.07) is 10.1. The van der Waals surface area contributed by atoms with Gasteiger partial charge in [0.05, 0.1) is 18.2 Å². The maximum absolute atomic E-state index is 8.66. The Bertz CT molecular complexity index is 351. The number of nitrogens with one attached hydrogen (secondary N) is 1. The summed E-state index contributed by atoms with van der Waals surface area (Å²) in [7, 11) is 0. The predicted molar refractivity (Wildman–Crippen MR) is 68.6 cm³/mol. The Kier molecular flexibility index (Phi) is 6.31. The van der Waals surface area contributed by atoms with Crippen LogP contribution in [0.1, 0.15) is 31.4 Å². The Morgan fingerprint density at radius 1 is 1.29 bits per heavy atom. The molecule has 1 aromatic rings. The van der Waals surface area contributed by atoms with Crippen LogP contribution >= 0.6 is 0 Å². The second-order valence-corrected chi connectivity index (χ2v) is 4.32. The smallest absolute Gasteiger partial charge is 0.0991 e. The zero-order chi connectivity index (χ0) is 12.5. The molecule has 3 nitrogen and oxygen atoms in total. The van der Waals surface area contributed by atoms with Gasteiger partial charge in [-0.05, 0) is 30.7 Å². The van der Waals surface area contributed by atoms with Crippen LogP contribution in [0.25, 0.3) is 0 Å². The van der Waals surface area contributed by atoms with Crippen LogP contribution in [0.4, 0.5) is 0 Å². The summed E-state index contributed by atoms with van der Waals surface area (Å²) >= 11 is 0. The molecule has 0 aliphatic rings. The largest absolute Gasteiger partial charge is 0.377 e. The van der Waals surface area contributed by atoms with E-state index in [1.54, 1.807) is 0 Å². The summed E-state index contributed by atoms with van der Waals surface area (Å²) in [6.45, 7) is 6.65. The fourth-order valence-electron chi connectivity index (χ4n) is 1.43. The van der Waals surface area contributed by atoms with Gasteiger partial charge in [0, 0.05) is 12.6 Å². The van der Waals surface area contributed by atoms with Gasteiger partial charge in [-0.25, -0.2) is 0 Å². The Morgan fingerprint density at radius 3 is 2.59 bits per heavy atom. The minimum absolute atomic E-state index is 0.536. The number of ether oxygens (including phenoxy) is 1. The highest BCUT2D eigenvalue weighted by Gasteiger charge is 1.95. The third-order valence-corrected chi connectivity index (χ3v) is 2.37. The van der Waals surface area contributed by atoms with Crippen LogP contribution in [0, 0.1) is 11.3 Å². The van der Waals surface area contributed by atoms with Crippen molar-refractivity contribution in [2.24, 2.45) is 0 Å². The molecule has 0 saturated heterocycles. The highest BCUT2D eigenvalue weighted by molar-refractivity contribution is 5.31. The molecule has 0 bridgehead atoms. The molecule has 0 spiro atoms. The lowest BCUT2D eigenvalue weighted by Gasteiger charge is -2.08. The van der Waals surface area contributed by atoms with Crippen LogP contribution < -0.4 is 5.32 Å². The molecular weight excluding hydrogens is 212 g/mol. The average Bonchev–Trinajstić information content (AvgIpc) is 2.34. The number of benzene rings is 1. The molecule has 0 saturated carbocycles. The SMILES string of the molecule is CC(C)NCCCOCc1ccc(C#N)cc1. The zero-order valence-electron chi connectivity index (χ0n) is 10.6. The molecule has 17 heavy (non-hydrogen) atoms. The summed E-state index contributed by atoms with van der Waals surface area (Å²) in [5.41, 5.74) is 1.80. The summed E-state index contributed by atoms with van der Waals surface area (Å²) in [4.78, 5) is 0. The van der Waals surface area contributed by atoms with E-state index in [1.165, 1.54) is 0 Å². The van der Waals surface area contributed by atoms with Gasteiger partial charge in [-0.3, -0.25) is 0 Å². The van der Waals surface area contributed by atoms with E-state index in [-0.39, 0.29) is 0 Å². The van der Waals surface area contributed by atoms with Crippen LogP contribution in [0.2, 0.25) is 0 Å². The standard InChI is InChI=1S/C14H20N2O/c1-12(2)16-8-3-9-17-11-14-6-4-13(10-15)5-7-14/h4-7,12,16H,3,8-9,11H2,1-2H3. The second-order valence-electron chi connectivity index (χ2n) is 4.32. The maximum Gasteiger partial charge on any atom is 0.0991 e. The molecule has 0 fully saturated rings. The quantitative estimate of drug-likeness (QED) is 0.734. The van der Waals surface area contributed by atoms with Crippen molar-refractivity contribution < 1.29 is 4.74 Å². The molecule has 0 unspecified atom stereocenters. The Labute approximate surface area is 103 Å². The van der Waals surface area contributed by atoms with E-state index >= 15 is 0 Å². The van der Waals surface area contributed by atoms with Crippen molar-refractivity contribution in [1.29, 1.82) is 5.26 Å². The van der Waals surface area contributed by atoms with E-state index in [2.05, 4.69) is 25.2 Å². The molecule has 1 aromatic carbocycles. The van der Waals surface area contributed by atoms with Crippen molar-refractivity contribution >= 4 is 0 Å². The molecule has 0 heterocycles. The lowest BCUT2D eigenvalue weighted by Crippen LogP contribution is -2.24. The first-order valence-electron chi connectivity index (χ1n) is 6.02. The van der Waals surface area contributed by atoms with E-state index in [0.29, 0.717) is 18.2 Å². The normalized spacial score (nSPS) is 10.5. The molecule has 3 heteroatoms. The van der Waals surface area contributed by atoms with Gasteiger partial charge >= 0.3 is 0 Å². The molecule has 92 valence electrons. The molecule has 0 atom stereocenters. The molecule has 0 amide bonds. The van der Waals surface area contributed by atoms with Gasteiger partial charge in [0.15, 0.2) is 0 Å². The third-order valence-electron chi connectivity index (χ3n) is 2.37. The van der Waals surface area contributed by atoms with Gasteiger partial charge in [0.1, 0.15) is 0 Å². The molecule has 0 aliphatic carbocycles. The molecule has 1 rings (SSSR count). The van der Waals surface area contributed by atoms with E-state index in [0.717, 1.165) is 25.1 Å². The summed E-state index contributed by atoms with van der Waals surface area (Å²) in [5, 5.41) is 12.0. The van der Waals surface area contributed by atoms with Crippen LogP contribution in [0.3, 0.4) is 0 Å². The van der Waals surface area contributed by atoms with Crippen molar-refractivity contribution in [1.82, 2.24) is 5.32 Å². The second kappa shape index (κ2) is 7.83. The van der Waals surface area contributed by atoms with E-state index in [4.69, 9.17) is 10.00 Å². The lowest BCUT2D eigenvalue weighted by atomic mass is 10.2. The van der Waals surface area contributed by atoms with Crippen LogP contribution in [0.15, 0.2) is 24.3 Å². The zero-order valence-corrected chi connectivity index (χ0v) is 10.6.